The number of aromatic nitrogens is 1. The molecule has 38 heavy (non-hydrogen) atoms. The first kappa shape index (κ1) is 26.6. The van der Waals surface area contributed by atoms with Crippen LogP contribution in [0.2, 0.25) is 5.02 Å². The number of carbonyl (C=O) groups is 1. The Balaban J connectivity index is 1.41. The van der Waals surface area contributed by atoms with E-state index in [1.54, 1.807) is 18.5 Å². The van der Waals surface area contributed by atoms with Crippen LogP contribution in [-0.4, -0.2) is 29.7 Å². The number of halogens is 4. The Hall–Kier alpha value is -2.95. The molecule has 2 aliphatic rings. The van der Waals surface area contributed by atoms with E-state index in [4.69, 9.17) is 11.6 Å². The Bertz CT molecular complexity index is 1510. The van der Waals surface area contributed by atoms with Crippen molar-refractivity contribution in [1.29, 1.82) is 0 Å². The summed E-state index contributed by atoms with van der Waals surface area (Å²) >= 11 is 6.28. The fourth-order valence-corrected chi connectivity index (χ4v) is 8.39. The Morgan fingerprint density at radius 3 is 2.32 bits per heavy atom. The molecular formula is C27H24ClF3N2O4S. The summed E-state index contributed by atoms with van der Waals surface area (Å²) in [4.78, 5) is 16.6. The van der Waals surface area contributed by atoms with Crippen molar-refractivity contribution < 1.29 is 31.5 Å². The zero-order chi connectivity index (χ0) is 27.4. The van der Waals surface area contributed by atoms with Gasteiger partial charge in [-0.25, -0.2) is 21.6 Å². The van der Waals surface area contributed by atoms with E-state index in [1.165, 1.54) is 12.1 Å². The second-order valence-electron chi connectivity index (χ2n) is 9.98. The van der Waals surface area contributed by atoms with Gasteiger partial charge in [-0.15, -0.1) is 0 Å². The van der Waals surface area contributed by atoms with Crippen LogP contribution >= 0.6 is 11.6 Å². The number of aliphatic hydroxyl groups is 1. The van der Waals surface area contributed by atoms with E-state index in [2.05, 4.69) is 10.3 Å². The summed E-state index contributed by atoms with van der Waals surface area (Å²) in [5, 5.41) is 13.1. The first-order valence-corrected chi connectivity index (χ1v) is 14.0. The topological polar surface area (TPSA) is 96.4 Å². The largest absolute Gasteiger partial charge is 0.385 e. The van der Waals surface area contributed by atoms with Crippen molar-refractivity contribution >= 4 is 33.0 Å². The molecule has 3 unspecified atom stereocenters. The van der Waals surface area contributed by atoms with Gasteiger partial charge in [0, 0.05) is 35.8 Å². The molecule has 1 amide bonds. The van der Waals surface area contributed by atoms with Gasteiger partial charge in [-0.3, -0.25) is 9.78 Å². The minimum absolute atomic E-state index is 0.0708. The summed E-state index contributed by atoms with van der Waals surface area (Å²) in [6.45, 7) is 1.87. The van der Waals surface area contributed by atoms with Gasteiger partial charge in [0.25, 0.3) is 5.91 Å². The van der Waals surface area contributed by atoms with Crippen LogP contribution in [0, 0.1) is 36.2 Å². The lowest BCUT2D eigenvalue weighted by molar-refractivity contribution is -0.0652. The third kappa shape index (κ3) is 4.38. The van der Waals surface area contributed by atoms with Crippen molar-refractivity contribution in [2.45, 2.75) is 48.4 Å². The maximum absolute atomic E-state index is 13.8. The number of amides is 1. The number of rotatable bonds is 5. The van der Waals surface area contributed by atoms with Gasteiger partial charge in [-0.2, -0.15) is 0 Å². The fourth-order valence-electron chi connectivity index (χ4n) is 5.99. The second kappa shape index (κ2) is 9.66. The number of hydrogen-bond donors (Lipinski definition) is 2. The highest BCUT2D eigenvalue weighted by molar-refractivity contribution is 7.92. The van der Waals surface area contributed by atoms with Gasteiger partial charge in [0.05, 0.1) is 20.8 Å². The molecule has 1 heterocycles. The lowest BCUT2D eigenvalue weighted by Crippen LogP contribution is -2.46. The molecule has 200 valence electrons. The number of hydrogen-bond acceptors (Lipinski definition) is 5. The Labute approximate surface area is 222 Å². The van der Waals surface area contributed by atoms with Gasteiger partial charge in [0.15, 0.2) is 27.3 Å². The van der Waals surface area contributed by atoms with Crippen molar-refractivity contribution in [2.75, 3.05) is 5.32 Å². The quantitative estimate of drug-likeness (QED) is 0.395. The Morgan fingerprint density at radius 1 is 1.08 bits per heavy atom. The first-order valence-electron chi connectivity index (χ1n) is 12.1. The third-order valence-corrected chi connectivity index (χ3v) is 10.5. The van der Waals surface area contributed by atoms with Crippen molar-refractivity contribution in [3.8, 4) is 0 Å². The number of sulfone groups is 1. The van der Waals surface area contributed by atoms with E-state index < -0.39 is 44.0 Å². The smallest absolute Gasteiger partial charge is 0.255 e. The number of aryl methyl sites for hydroxylation is 1. The molecule has 2 N–H and O–H groups in total. The number of nitrogens with one attached hydrogen (secondary N) is 1. The van der Waals surface area contributed by atoms with Gasteiger partial charge in [0.1, 0.15) is 0 Å². The second-order valence-corrected chi connectivity index (χ2v) is 12.6. The Kier molecular flexibility index (Phi) is 6.77. The number of pyridine rings is 1. The molecule has 2 fully saturated rings. The number of anilines is 1. The monoisotopic (exact) mass is 564 g/mol. The molecule has 11 heteroatoms. The summed E-state index contributed by atoms with van der Waals surface area (Å²) in [7, 11) is -4.01. The van der Waals surface area contributed by atoms with Crippen molar-refractivity contribution in [3.63, 3.8) is 0 Å². The van der Waals surface area contributed by atoms with Crippen molar-refractivity contribution in [2.24, 2.45) is 11.8 Å². The standard InChI is InChI=1S/C27H24ClF3N2O4S/c1-14-13-32-7-6-20(14)27(35)16-3-4-17(27)10-19(9-16)38(36,37)24-8-15(2-5-21(24)28)26(34)33-18-11-22(29)25(31)23(30)12-18/h2,5-8,11-13,16-17,19,35H,3-4,9-10H2,1H3,(H,33,34)/t16-,17?,19?,27?/m0/s1. The maximum Gasteiger partial charge on any atom is 0.255 e. The molecule has 2 aliphatic carbocycles. The minimum atomic E-state index is -4.01. The van der Waals surface area contributed by atoms with Gasteiger partial charge in [-0.05, 0) is 79.8 Å². The summed E-state index contributed by atoms with van der Waals surface area (Å²) in [5.74, 6) is -6.04. The van der Waals surface area contributed by atoms with Crippen LogP contribution in [0.4, 0.5) is 18.9 Å². The molecule has 2 aromatic carbocycles. The van der Waals surface area contributed by atoms with Crippen LogP contribution in [0.15, 0.2) is 53.7 Å². The van der Waals surface area contributed by atoms with E-state index in [-0.39, 0.29) is 45.8 Å². The number of fused-ring (bicyclic) bond motifs is 2. The summed E-state index contributed by atoms with van der Waals surface area (Å²) in [6, 6.07) is 6.69. The van der Waals surface area contributed by atoms with Gasteiger partial charge < -0.3 is 10.4 Å². The highest BCUT2D eigenvalue weighted by Gasteiger charge is 2.57. The molecule has 4 atom stereocenters. The first-order chi connectivity index (χ1) is 17.9. The van der Waals surface area contributed by atoms with Gasteiger partial charge >= 0.3 is 0 Å². The SMILES string of the molecule is Cc1cnccc1C1(O)C2CC[C@H]1CC(S(=O)(=O)c1cc(C(=O)Nc3cc(F)c(F)c(F)c3)ccc1Cl)C2. The third-order valence-electron chi connectivity index (χ3n) is 7.84. The summed E-state index contributed by atoms with van der Waals surface area (Å²) in [6.07, 6.45) is 5.09. The average Bonchev–Trinajstić information content (AvgIpc) is 3.03. The zero-order valence-electron chi connectivity index (χ0n) is 20.2. The van der Waals surface area contributed by atoms with E-state index in [9.17, 15) is 31.5 Å². The number of nitrogens with zero attached hydrogens (tertiary/aromatic N) is 1. The number of carbonyl (C=O) groups excluding carboxylic acids is 1. The van der Waals surface area contributed by atoms with Gasteiger partial charge in [-0.1, -0.05) is 11.6 Å². The van der Waals surface area contributed by atoms with E-state index in [0.29, 0.717) is 25.0 Å². The molecular weight excluding hydrogens is 541 g/mol. The molecule has 0 radical (unpaired) electrons. The van der Waals surface area contributed by atoms with Crippen LogP contribution in [-0.2, 0) is 15.4 Å². The van der Waals surface area contributed by atoms with Crippen LogP contribution in [0.5, 0.6) is 0 Å². The molecule has 0 aliphatic heterocycles. The highest BCUT2D eigenvalue weighted by atomic mass is 35.5. The molecule has 5 rings (SSSR count). The van der Waals surface area contributed by atoms with E-state index in [1.807, 2.05) is 6.92 Å². The van der Waals surface area contributed by atoms with Crippen LogP contribution < -0.4 is 5.32 Å². The molecule has 2 saturated carbocycles. The molecule has 0 spiro atoms. The van der Waals surface area contributed by atoms with Crippen molar-refractivity contribution in [1.82, 2.24) is 4.98 Å². The molecule has 2 bridgehead atoms. The number of benzene rings is 2. The van der Waals surface area contributed by atoms with Crippen LogP contribution in [0.25, 0.3) is 0 Å². The summed E-state index contributed by atoms with van der Waals surface area (Å²) < 4.78 is 67.8. The van der Waals surface area contributed by atoms with Crippen LogP contribution in [0.1, 0.15) is 47.2 Å². The molecule has 0 saturated heterocycles. The highest BCUT2D eigenvalue weighted by Crippen LogP contribution is 2.57. The predicted octanol–water partition coefficient (Wildman–Crippen LogP) is 5.56. The summed E-state index contributed by atoms with van der Waals surface area (Å²) in [5.41, 5.74) is 0.0165. The average molecular weight is 565 g/mol. The van der Waals surface area contributed by atoms with E-state index in [0.717, 1.165) is 17.2 Å². The van der Waals surface area contributed by atoms with E-state index >= 15 is 0 Å². The fraction of sp³-hybridized carbons (Fsp3) is 0.333. The van der Waals surface area contributed by atoms with Crippen molar-refractivity contribution in [3.05, 3.63) is 88.0 Å². The maximum atomic E-state index is 13.8. The predicted molar refractivity (Wildman–Crippen MR) is 135 cm³/mol. The molecule has 3 aromatic rings. The minimum Gasteiger partial charge on any atom is -0.385 e. The Morgan fingerprint density at radius 2 is 1.71 bits per heavy atom. The molecule has 1 aromatic heterocycles. The lowest BCUT2D eigenvalue weighted by Gasteiger charge is -2.43. The lowest BCUT2D eigenvalue weighted by atomic mass is 9.69. The van der Waals surface area contributed by atoms with Gasteiger partial charge in [0.2, 0.25) is 0 Å². The van der Waals surface area contributed by atoms with Crippen LogP contribution in [0.3, 0.4) is 0 Å². The molecule has 6 nitrogen and oxygen atoms in total. The zero-order valence-corrected chi connectivity index (χ0v) is 21.8. The normalized spacial score (nSPS) is 24.8.